The number of amides is 1. The minimum Gasteiger partial charge on any atom is -0.497 e. The Labute approximate surface area is 179 Å². The Balaban J connectivity index is 1.65. The molecule has 1 fully saturated rings. The van der Waals surface area contributed by atoms with E-state index in [9.17, 15) is 13.2 Å². The first-order chi connectivity index (χ1) is 14.4. The van der Waals surface area contributed by atoms with Crippen molar-refractivity contribution >= 4 is 15.9 Å². The molecule has 7 heteroatoms. The molecule has 1 amide bonds. The van der Waals surface area contributed by atoms with Crippen molar-refractivity contribution in [2.24, 2.45) is 5.92 Å². The van der Waals surface area contributed by atoms with Gasteiger partial charge in [-0.1, -0.05) is 30.3 Å². The first kappa shape index (κ1) is 22.3. The van der Waals surface area contributed by atoms with Crippen LogP contribution in [0, 0.1) is 5.92 Å². The molecule has 6 nitrogen and oxygen atoms in total. The van der Waals surface area contributed by atoms with Gasteiger partial charge in [-0.25, -0.2) is 8.42 Å². The zero-order valence-corrected chi connectivity index (χ0v) is 18.6. The Bertz CT molecular complexity index is 937. The van der Waals surface area contributed by atoms with Crippen LogP contribution in [0.2, 0.25) is 0 Å². The van der Waals surface area contributed by atoms with E-state index in [4.69, 9.17) is 4.74 Å². The highest BCUT2D eigenvalue weighted by molar-refractivity contribution is 7.89. The number of carbonyl (C=O) groups excluding carboxylic acids is 1. The van der Waals surface area contributed by atoms with Gasteiger partial charge < -0.3 is 9.64 Å². The summed E-state index contributed by atoms with van der Waals surface area (Å²) in [6.07, 6.45) is 1.07. The number of ether oxygens (including phenoxy) is 1. The second kappa shape index (κ2) is 9.62. The molecule has 1 aliphatic heterocycles. The molecule has 0 saturated carbocycles. The van der Waals surface area contributed by atoms with Crippen LogP contribution in [-0.4, -0.2) is 50.3 Å². The van der Waals surface area contributed by atoms with Gasteiger partial charge in [-0.2, -0.15) is 4.31 Å². The molecule has 0 spiro atoms. The van der Waals surface area contributed by atoms with Gasteiger partial charge in [0.25, 0.3) is 0 Å². The van der Waals surface area contributed by atoms with Gasteiger partial charge in [0.05, 0.1) is 18.0 Å². The van der Waals surface area contributed by atoms with Gasteiger partial charge in [0, 0.05) is 25.6 Å². The largest absolute Gasteiger partial charge is 0.497 e. The molecule has 1 heterocycles. The number of nitrogens with zero attached hydrogens (tertiary/aromatic N) is 2. The van der Waals surface area contributed by atoms with Gasteiger partial charge in [0.1, 0.15) is 5.75 Å². The van der Waals surface area contributed by atoms with Crippen molar-refractivity contribution in [1.82, 2.24) is 9.21 Å². The quantitative estimate of drug-likeness (QED) is 0.672. The third-order valence-corrected chi connectivity index (χ3v) is 7.79. The minimum absolute atomic E-state index is 0.00948. The third kappa shape index (κ3) is 4.68. The number of benzene rings is 2. The summed E-state index contributed by atoms with van der Waals surface area (Å²) in [5.41, 5.74) is 1.10. The molecule has 0 aromatic heterocycles. The Kier molecular flexibility index (Phi) is 7.15. The number of sulfonamides is 1. The van der Waals surface area contributed by atoms with Crippen LogP contribution in [0.15, 0.2) is 59.5 Å². The van der Waals surface area contributed by atoms with E-state index >= 15 is 0 Å². The lowest BCUT2D eigenvalue weighted by Crippen LogP contribution is -2.45. The molecule has 3 rings (SSSR count). The molecule has 1 saturated heterocycles. The number of piperidine rings is 1. The topological polar surface area (TPSA) is 66.9 Å². The zero-order chi connectivity index (χ0) is 21.7. The molecule has 30 heavy (non-hydrogen) atoms. The van der Waals surface area contributed by atoms with Crippen molar-refractivity contribution in [2.75, 3.05) is 26.7 Å². The number of hydrogen-bond donors (Lipinski definition) is 0. The average molecular weight is 431 g/mol. The lowest BCUT2D eigenvalue weighted by Gasteiger charge is -2.36. The molecule has 2 aromatic rings. The summed E-state index contributed by atoms with van der Waals surface area (Å²) in [6.45, 7) is 5.35. The maximum absolute atomic E-state index is 13.2. The first-order valence-corrected chi connectivity index (χ1v) is 11.8. The summed E-state index contributed by atoms with van der Waals surface area (Å²) < 4.78 is 32.5. The fourth-order valence-corrected chi connectivity index (χ4v) is 5.48. The van der Waals surface area contributed by atoms with E-state index in [0.29, 0.717) is 38.2 Å². The molecule has 2 aromatic carbocycles. The summed E-state index contributed by atoms with van der Waals surface area (Å²) in [5.74, 6) is 0.569. The van der Waals surface area contributed by atoms with Gasteiger partial charge >= 0.3 is 0 Å². The Morgan fingerprint density at radius 1 is 1.10 bits per heavy atom. The van der Waals surface area contributed by atoms with Crippen molar-refractivity contribution in [3.63, 3.8) is 0 Å². The van der Waals surface area contributed by atoms with Crippen LogP contribution in [0.4, 0.5) is 0 Å². The monoisotopic (exact) mass is 430 g/mol. The lowest BCUT2D eigenvalue weighted by atomic mass is 9.95. The number of hydrogen-bond acceptors (Lipinski definition) is 4. The third-order valence-electron chi connectivity index (χ3n) is 5.87. The van der Waals surface area contributed by atoms with E-state index in [-0.39, 0.29) is 22.8 Å². The SMILES string of the molecule is CCN(C(=O)C1CCN(S(=O)(=O)c2ccc(OC)cc2)CC1)[C@H](C)c1ccccc1. The van der Waals surface area contributed by atoms with Gasteiger partial charge in [-0.05, 0) is 56.5 Å². The standard InChI is InChI=1S/C23H30N2O4S/c1-4-25(18(2)19-8-6-5-7-9-19)23(26)20-14-16-24(17-15-20)30(27,28)22-12-10-21(29-3)11-13-22/h5-13,18,20H,4,14-17H2,1-3H3/t18-/m1/s1. The van der Waals surface area contributed by atoms with Crippen molar-refractivity contribution in [3.05, 3.63) is 60.2 Å². The maximum Gasteiger partial charge on any atom is 0.243 e. The molecular weight excluding hydrogens is 400 g/mol. The Morgan fingerprint density at radius 3 is 2.23 bits per heavy atom. The molecule has 0 unspecified atom stereocenters. The number of methoxy groups -OCH3 is 1. The van der Waals surface area contributed by atoms with E-state index in [0.717, 1.165) is 5.56 Å². The molecule has 0 radical (unpaired) electrons. The second-order valence-electron chi connectivity index (χ2n) is 7.56. The van der Waals surface area contributed by atoms with E-state index in [1.54, 1.807) is 31.4 Å². The van der Waals surface area contributed by atoms with E-state index < -0.39 is 10.0 Å². The van der Waals surface area contributed by atoms with Crippen LogP contribution in [0.25, 0.3) is 0 Å². The van der Waals surface area contributed by atoms with Gasteiger partial charge in [-0.15, -0.1) is 0 Å². The number of carbonyl (C=O) groups is 1. The first-order valence-electron chi connectivity index (χ1n) is 10.4. The highest BCUT2D eigenvalue weighted by atomic mass is 32.2. The fourth-order valence-electron chi connectivity index (χ4n) is 4.01. The van der Waals surface area contributed by atoms with E-state index in [1.165, 1.54) is 4.31 Å². The lowest BCUT2D eigenvalue weighted by molar-refractivity contribution is -0.138. The van der Waals surface area contributed by atoms with Crippen molar-refractivity contribution in [3.8, 4) is 5.75 Å². The van der Waals surface area contributed by atoms with Crippen LogP contribution < -0.4 is 4.74 Å². The normalized spacial score (nSPS) is 16.8. The van der Waals surface area contributed by atoms with Crippen LogP contribution in [0.3, 0.4) is 0 Å². The van der Waals surface area contributed by atoms with Gasteiger partial charge in [0.2, 0.25) is 15.9 Å². The Morgan fingerprint density at radius 2 is 1.70 bits per heavy atom. The smallest absolute Gasteiger partial charge is 0.243 e. The Hall–Kier alpha value is -2.38. The van der Waals surface area contributed by atoms with Crippen LogP contribution >= 0.6 is 0 Å². The van der Waals surface area contributed by atoms with Crippen molar-refractivity contribution < 1.29 is 17.9 Å². The average Bonchev–Trinajstić information content (AvgIpc) is 2.80. The van der Waals surface area contributed by atoms with Crippen LogP contribution in [0.1, 0.15) is 38.3 Å². The minimum atomic E-state index is -3.57. The molecule has 0 bridgehead atoms. The summed E-state index contributed by atoms with van der Waals surface area (Å²) in [7, 11) is -2.02. The molecule has 0 N–H and O–H groups in total. The van der Waals surface area contributed by atoms with Gasteiger partial charge in [-0.3, -0.25) is 4.79 Å². The highest BCUT2D eigenvalue weighted by Crippen LogP contribution is 2.29. The van der Waals surface area contributed by atoms with Gasteiger partial charge in [0.15, 0.2) is 0 Å². The molecular formula is C23H30N2O4S. The predicted octanol–water partition coefficient (Wildman–Crippen LogP) is 3.71. The molecule has 1 atom stereocenters. The van der Waals surface area contributed by atoms with Crippen LogP contribution in [-0.2, 0) is 14.8 Å². The van der Waals surface area contributed by atoms with E-state index in [1.807, 2.05) is 49.1 Å². The summed E-state index contributed by atoms with van der Waals surface area (Å²) >= 11 is 0. The summed E-state index contributed by atoms with van der Waals surface area (Å²) in [6, 6.07) is 16.4. The number of rotatable bonds is 7. The summed E-state index contributed by atoms with van der Waals surface area (Å²) in [5, 5.41) is 0. The van der Waals surface area contributed by atoms with Crippen molar-refractivity contribution in [2.45, 2.75) is 37.6 Å². The molecule has 1 aliphatic rings. The highest BCUT2D eigenvalue weighted by Gasteiger charge is 2.34. The maximum atomic E-state index is 13.2. The van der Waals surface area contributed by atoms with E-state index in [2.05, 4.69) is 0 Å². The van der Waals surface area contributed by atoms with Crippen LogP contribution in [0.5, 0.6) is 5.75 Å². The molecule has 162 valence electrons. The fraction of sp³-hybridized carbons (Fsp3) is 0.435. The molecule has 0 aliphatic carbocycles. The second-order valence-corrected chi connectivity index (χ2v) is 9.50. The summed E-state index contributed by atoms with van der Waals surface area (Å²) in [4.78, 5) is 15.3. The van der Waals surface area contributed by atoms with Crippen molar-refractivity contribution in [1.29, 1.82) is 0 Å². The predicted molar refractivity (Wildman–Crippen MR) is 117 cm³/mol. The zero-order valence-electron chi connectivity index (χ0n) is 17.8.